The number of hydrogen-bond acceptors (Lipinski definition) is 4. The Kier molecular flexibility index (Phi) is 1.25. The van der Waals surface area contributed by atoms with Crippen LogP contribution in [0.25, 0.3) is 0 Å². The van der Waals surface area contributed by atoms with Crippen LogP contribution in [0.15, 0.2) is 0 Å². The molecule has 0 amide bonds. The number of fused-ring (bicyclic) bond motifs is 1. The number of carbonyl (C=O) groups excluding carboxylic acids is 1. The molecule has 9 heavy (non-hydrogen) atoms. The second-order valence-corrected chi connectivity index (χ2v) is 3.32. The Bertz CT molecular complexity index is 150. The zero-order valence-electron chi connectivity index (χ0n) is 4.89. The van der Waals surface area contributed by atoms with Gasteiger partial charge in [0.15, 0.2) is 0 Å². The van der Waals surface area contributed by atoms with Gasteiger partial charge in [-0.3, -0.25) is 15.4 Å². The monoisotopic (exact) mass is 144 g/mol. The molecule has 0 saturated carbocycles. The highest BCUT2D eigenvalue weighted by Crippen LogP contribution is 2.22. The van der Waals surface area contributed by atoms with Gasteiger partial charge in [-0.25, -0.2) is 0 Å². The highest BCUT2D eigenvalue weighted by Gasteiger charge is 2.38. The first-order valence-corrected chi connectivity index (χ1v) is 4.00. The SMILES string of the molecule is O=C1SCC2NCNC12. The summed E-state index contributed by atoms with van der Waals surface area (Å²) in [4.78, 5) is 10.9. The molecule has 2 fully saturated rings. The lowest BCUT2D eigenvalue weighted by molar-refractivity contribution is -0.112. The van der Waals surface area contributed by atoms with Crippen molar-refractivity contribution in [3.05, 3.63) is 0 Å². The Hall–Kier alpha value is -0.0600. The first-order valence-electron chi connectivity index (χ1n) is 3.01. The van der Waals surface area contributed by atoms with Gasteiger partial charge in [0, 0.05) is 18.5 Å². The largest absolute Gasteiger partial charge is 0.299 e. The van der Waals surface area contributed by atoms with Crippen molar-refractivity contribution in [1.29, 1.82) is 0 Å². The number of thioether (sulfide) groups is 1. The normalized spacial score (nSPS) is 41.6. The van der Waals surface area contributed by atoms with E-state index >= 15 is 0 Å². The van der Waals surface area contributed by atoms with Crippen LogP contribution >= 0.6 is 11.8 Å². The van der Waals surface area contributed by atoms with Crippen molar-refractivity contribution in [3.63, 3.8) is 0 Å². The Balaban J connectivity index is 2.15. The van der Waals surface area contributed by atoms with E-state index in [1.165, 1.54) is 11.8 Å². The number of nitrogens with one attached hydrogen (secondary N) is 2. The Labute approximate surface area is 57.6 Å². The molecule has 0 spiro atoms. The lowest BCUT2D eigenvalue weighted by Gasteiger charge is -2.02. The maximum atomic E-state index is 10.9. The summed E-state index contributed by atoms with van der Waals surface area (Å²) in [5, 5.41) is 6.58. The van der Waals surface area contributed by atoms with Gasteiger partial charge in [0.1, 0.15) is 0 Å². The van der Waals surface area contributed by atoms with Crippen LogP contribution in [0.3, 0.4) is 0 Å². The van der Waals surface area contributed by atoms with Gasteiger partial charge in [-0.2, -0.15) is 0 Å². The van der Waals surface area contributed by atoms with E-state index in [0.29, 0.717) is 11.2 Å². The van der Waals surface area contributed by atoms with Gasteiger partial charge < -0.3 is 0 Å². The summed E-state index contributed by atoms with van der Waals surface area (Å²) in [6, 6.07) is 0.512. The molecule has 2 unspecified atom stereocenters. The minimum atomic E-state index is 0.106. The van der Waals surface area contributed by atoms with Gasteiger partial charge in [-0.05, 0) is 0 Å². The van der Waals surface area contributed by atoms with E-state index in [0.717, 1.165) is 12.4 Å². The molecule has 50 valence electrons. The summed E-state index contributed by atoms with van der Waals surface area (Å²) in [6.07, 6.45) is 0. The third kappa shape index (κ3) is 0.781. The van der Waals surface area contributed by atoms with Gasteiger partial charge in [0.25, 0.3) is 0 Å². The van der Waals surface area contributed by atoms with E-state index in [1.807, 2.05) is 0 Å². The molecule has 2 N–H and O–H groups in total. The highest BCUT2D eigenvalue weighted by molar-refractivity contribution is 8.14. The fraction of sp³-hybridized carbons (Fsp3) is 0.800. The van der Waals surface area contributed by atoms with E-state index < -0.39 is 0 Å². The van der Waals surface area contributed by atoms with Gasteiger partial charge in [-0.15, -0.1) is 0 Å². The first-order chi connectivity index (χ1) is 4.38. The molecule has 0 aromatic heterocycles. The maximum Gasteiger partial charge on any atom is 0.207 e. The Morgan fingerprint density at radius 3 is 3.22 bits per heavy atom. The standard InChI is InChI=1S/C5H8N2OS/c8-5-4-3(1-9-5)6-2-7-4/h3-4,6-7H,1-2H2. The lowest BCUT2D eigenvalue weighted by atomic mass is 10.2. The van der Waals surface area contributed by atoms with E-state index in [2.05, 4.69) is 10.6 Å². The van der Waals surface area contributed by atoms with E-state index in [1.54, 1.807) is 0 Å². The number of rotatable bonds is 0. The molecule has 0 aromatic rings. The lowest BCUT2D eigenvalue weighted by Crippen LogP contribution is -2.33. The quantitative estimate of drug-likeness (QED) is 0.464. The molecule has 2 heterocycles. The maximum absolute atomic E-state index is 10.9. The van der Waals surface area contributed by atoms with Crippen LogP contribution in [0.4, 0.5) is 0 Å². The average molecular weight is 144 g/mol. The van der Waals surface area contributed by atoms with Crippen molar-refractivity contribution < 1.29 is 4.79 Å². The Morgan fingerprint density at radius 2 is 2.44 bits per heavy atom. The third-order valence-corrected chi connectivity index (χ3v) is 2.81. The Morgan fingerprint density at radius 1 is 1.56 bits per heavy atom. The molecule has 0 radical (unpaired) electrons. The van der Waals surface area contributed by atoms with Crippen LogP contribution < -0.4 is 10.6 Å². The molecule has 2 saturated heterocycles. The highest BCUT2D eigenvalue weighted by atomic mass is 32.2. The summed E-state index contributed by atoms with van der Waals surface area (Å²) in [5.74, 6) is 0.941. The molecule has 2 aliphatic heterocycles. The predicted molar refractivity (Wildman–Crippen MR) is 36.2 cm³/mol. The first kappa shape index (κ1) is 5.70. The van der Waals surface area contributed by atoms with Gasteiger partial charge in [0.2, 0.25) is 5.12 Å². The third-order valence-electron chi connectivity index (χ3n) is 1.75. The molecule has 2 rings (SSSR count). The topological polar surface area (TPSA) is 41.1 Å². The van der Waals surface area contributed by atoms with Crippen molar-refractivity contribution in [2.24, 2.45) is 0 Å². The van der Waals surface area contributed by atoms with Crippen molar-refractivity contribution in [2.45, 2.75) is 12.1 Å². The fourth-order valence-electron chi connectivity index (χ4n) is 1.22. The molecule has 2 aliphatic rings. The van der Waals surface area contributed by atoms with Crippen molar-refractivity contribution in [1.82, 2.24) is 10.6 Å². The average Bonchev–Trinajstić information content (AvgIpc) is 2.35. The molecule has 0 aliphatic carbocycles. The van der Waals surface area contributed by atoms with E-state index in [9.17, 15) is 4.79 Å². The second-order valence-electron chi connectivity index (χ2n) is 2.30. The van der Waals surface area contributed by atoms with Crippen LogP contribution in [-0.4, -0.2) is 29.6 Å². The second kappa shape index (κ2) is 1.97. The summed E-state index contributed by atoms with van der Waals surface area (Å²) in [6.45, 7) is 0.793. The molecule has 0 aromatic carbocycles. The summed E-state index contributed by atoms with van der Waals surface area (Å²) in [7, 11) is 0. The minimum absolute atomic E-state index is 0.106. The van der Waals surface area contributed by atoms with E-state index in [-0.39, 0.29) is 6.04 Å². The van der Waals surface area contributed by atoms with Crippen LogP contribution in [0.1, 0.15) is 0 Å². The predicted octanol–water partition coefficient (Wildman–Crippen LogP) is -0.853. The molecule has 2 atom stereocenters. The molecule has 3 nitrogen and oxygen atoms in total. The summed E-state index contributed by atoms with van der Waals surface area (Å²) < 4.78 is 0. The van der Waals surface area contributed by atoms with Crippen LogP contribution in [0.2, 0.25) is 0 Å². The molecular formula is C5H8N2OS. The zero-order valence-corrected chi connectivity index (χ0v) is 5.70. The fourth-order valence-corrected chi connectivity index (χ4v) is 2.31. The van der Waals surface area contributed by atoms with Gasteiger partial charge in [-0.1, -0.05) is 11.8 Å². The molecule has 0 bridgehead atoms. The van der Waals surface area contributed by atoms with Crippen LogP contribution in [-0.2, 0) is 4.79 Å². The van der Waals surface area contributed by atoms with E-state index in [4.69, 9.17) is 0 Å². The van der Waals surface area contributed by atoms with Gasteiger partial charge >= 0.3 is 0 Å². The summed E-state index contributed by atoms with van der Waals surface area (Å²) in [5.41, 5.74) is 0. The minimum Gasteiger partial charge on any atom is -0.299 e. The van der Waals surface area contributed by atoms with Gasteiger partial charge in [0.05, 0.1) is 6.04 Å². The number of carbonyl (C=O) groups is 1. The zero-order chi connectivity index (χ0) is 6.27. The van der Waals surface area contributed by atoms with Crippen molar-refractivity contribution in [3.8, 4) is 0 Å². The van der Waals surface area contributed by atoms with Crippen molar-refractivity contribution >= 4 is 16.9 Å². The van der Waals surface area contributed by atoms with Crippen LogP contribution in [0.5, 0.6) is 0 Å². The smallest absolute Gasteiger partial charge is 0.207 e. The molecule has 4 heteroatoms. The van der Waals surface area contributed by atoms with Crippen molar-refractivity contribution in [2.75, 3.05) is 12.4 Å². The van der Waals surface area contributed by atoms with Crippen LogP contribution in [0, 0.1) is 0 Å². The summed E-state index contributed by atoms with van der Waals surface area (Å²) >= 11 is 1.43. The molecular weight excluding hydrogens is 136 g/mol. The number of hydrogen-bond donors (Lipinski definition) is 2.